The Morgan fingerprint density at radius 2 is 2.27 bits per heavy atom. The fraction of sp³-hybridized carbons (Fsp3) is 0.250. The van der Waals surface area contributed by atoms with Gasteiger partial charge in [0, 0.05) is 17.6 Å². The second-order valence-corrected chi connectivity index (χ2v) is 6.91. The van der Waals surface area contributed by atoms with E-state index in [0.717, 1.165) is 18.5 Å². The van der Waals surface area contributed by atoms with Gasteiger partial charge in [-0.05, 0) is 48.6 Å². The van der Waals surface area contributed by atoms with E-state index in [1.807, 2.05) is 17.0 Å². The van der Waals surface area contributed by atoms with E-state index in [-0.39, 0.29) is 11.9 Å². The number of aromatic nitrogens is 2. The topological polar surface area (TPSA) is 37.6 Å². The molecule has 0 N–H and O–H groups in total. The highest BCUT2D eigenvalue weighted by Crippen LogP contribution is 2.33. The highest BCUT2D eigenvalue weighted by Gasteiger charge is 2.30. The van der Waals surface area contributed by atoms with Crippen LogP contribution < -0.4 is 0 Å². The molecule has 0 radical (unpaired) electrons. The number of carbonyl (C=O) groups excluding carboxylic acids is 1. The van der Waals surface area contributed by atoms with Crippen LogP contribution in [0.2, 0.25) is 5.02 Å². The SMILES string of the molecule is CC1c2ccsc2CCN1C(=O)c1cc2ccc(Cl)cn2n1. The van der Waals surface area contributed by atoms with E-state index in [9.17, 15) is 4.79 Å². The average molecular weight is 332 g/mol. The predicted octanol–water partition coefficient (Wildman–Crippen LogP) is 3.81. The van der Waals surface area contributed by atoms with E-state index in [1.165, 1.54) is 10.4 Å². The van der Waals surface area contributed by atoms with Crippen molar-refractivity contribution in [2.24, 2.45) is 0 Å². The molecule has 6 heteroatoms. The number of hydrogen-bond donors (Lipinski definition) is 0. The van der Waals surface area contributed by atoms with Gasteiger partial charge in [0.2, 0.25) is 0 Å². The second-order valence-electron chi connectivity index (χ2n) is 5.47. The molecular weight excluding hydrogens is 318 g/mol. The maximum Gasteiger partial charge on any atom is 0.274 e. The van der Waals surface area contributed by atoms with Crippen molar-refractivity contribution in [1.82, 2.24) is 14.5 Å². The van der Waals surface area contributed by atoms with E-state index in [4.69, 9.17) is 11.6 Å². The molecule has 0 spiro atoms. The molecule has 4 heterocycles. The van der Waals surface area contributed by atoms with E-state index >= 15 is 0 Å². The summed E-state index contributed by atoms with van der Waals surface area (Å²) in [6, 6.07) is 7.69. The third-order valence-electron chi connectivity index (χ3n) is 4.18. The zero-order valence-electron chi connectivity index (χ0n) is 12.0. The van der Waals surface area contributed by atoms with Gasteiger partial charge >= 0.3 is 0 Å². The van der Waals surface area contributed by atoms with Crippen molar-refractivity contribution in [2.45, 2.75) is 19.4 Å². The molecule has 1 amide bonds. The molecule has 1 aliphatic rings. The van der Waals surface area contributed by atoms with Gasteiger partial charge in [-0.25, -0.2) is 4.52 Å². The molecule has 0 bridgehead atoms. The second kappa shape index (κ2) is 5.11. The Kier molecular flexibility index (Phi) is 3.20. The number of rotatable bonds is 1. The van der Waals surface area contributed by atoms with Crippen LogP contribution in [-0.4, -0.2) is 27.0 Å². The molecule has 22 heavy (non-hydrogen) atoms. The van der Waals surface area contributed by atoms with Gasteiger partial charge in [0.1, 0.15) is 0 Å². The number of hydrogen-bond acceptors (Lipinski definition) is 3. The minimum Gasteiger partial charge on any atom is -0.330 e. The van der Waals surface area contributed by atoms with Crippen molar-refractivity contribution in [3.05, 3.63) is 57.0 Å². The zero-order chi connectivity index (χ0) is 15.3. The molecule has 112 valence electrons. The highest BCUT2D eigenvalue weighted by molar-refractivity contribution is 7.10. The van der Waals surface area contributed by atoms with E-state index in [0.29, 0.717) is 10.7 Å². The summed E-state index contributed by atoms with van der Waals surface area (Å²) in [6.07, 6.45) is 2.63. The van der Waals surface area contributed by atoms with Crippen LogP contribution in [0.15, 0.2) is 35.8 Å². The lowest BCUT2D eigenvalue weighted by molar-refractivity contribution is 0.0673. The van der Waals surface area contributed by atoms with Crippen molar-refractivity contribution in [3.8, 4) is 0 Å². The number of thiophene rings is 1. The fourth-order valence-electron chi connectivity index (χ4n) is 3.00. The number of fused-ring (bicyclic) bond motifs is 2. The summed E-state index contributed by atoms with van der Waals surface area (Å²) in [4.78, 5) is 16.1. The van der Waals surface area contributed by atoms with Crippen molar-refractivity contribution in [2.75, 3.05) is 6.54 Å². The number of carbonyl (C=O) groups is 1. The van der Waals surface area contributed by atoms with Crippen molar-refractivity contribution in [3.63, 3.8) is 0 Å². The quantitative estimate of drug-likeness (QED) is 0.680. The van der Waals surface area contributed by atoms with Crippen LogP contribution in [0, 0.1) is 0 Å². The summed E-state index contributed by atoms with van der Waals surface area (Å²) >= 11 is 7.74. The monoisotopic (exact) mass is 331 g/mol. The number of halogens is 1. The van der Waals surface area contributed by atoms with Gasteiger partial charge in [0.05, 0.1) is 16.6 Å². The van der Waals surface area contributed by atoms with Crippen LogP contribution >= 0.6 is 22.9 Å². The summed E-state index contributed by atoms with van der Waals surface area (Å²) < 4.78 is 1.65. The first-order valence-electron chi connectivity index (χ1n) is 7.15. The molecule has 1 aliphatic heterocycles. The van der Waals surface area contributed by atoms with Gasteiger partial charge in [-0.3, -0.25) is 4.79 Å². The predicted molar refractivity (Wildman–Crippen MR) is 87.7 cm³/mol. The molecule has 0 saturated carbocycles. The van der Waals surface area contributed by atoms with Crippen LogP contribution in [0.1, 0.15) is 33.9 Å². The van der Waals surface area contributed by atoms with Gasteiger partial charge in [0.25, 0.3) is 5.91 Å². The van der Waals surface area contributed by atoms with Gasteiger partial charge in [-0.1, -0.05) is 11.6 Å². The number of pyridine rings is 1. The Bertz CT molecular complexity index is 869. The summed E-state index contributed by atoms with van der Waals surface area (Å²) in [7, 11) is 0. The smallest absolute Gasteiger partial charge is 0.274 e. The van der Waals surface area contributed by atoms with Crippen molar-refractivity contribution in [1.29, 1.82) is 0 Å². The molecule has 0 fully saturated rings. The molecule has 3 aromatic heterocycles. The van der Waals surface area contributed by atoms with Crippen molar-refractivity contribution >= 4 is 34.4 Å². The Morgan fingerprint density at radius 1 is 1.41 bits per heavy atom. The Hall–Kier alpha value is -1.85. The molecule has 0 aromatic carbocycles. The summed E-state index contributed by atoms with van der Waals surface area (Å²) in [5.74, 6) is -0.0239. The lowest BCUT2D eigenvalue weighted by Gasteiger charge is -2.33. The van der Waals surface area contributed by atoms with Crippen LogP contribution in [0.4, 0.5) is 0 Å². The third kappa shape index (κ3) is 2.12. The van der Waals surface area contributed by atoms with Crippen LogP contribution in [0.25, 0.3) is 5.52 Å². The lowest BCUT2D eigenvalue weighted by Crippen LogP contribution is -2.38. The average Bonchev–Trinajstić information content (AvgIpc) is 3.12. The lowest BCUT2D eigenvalue weighted by atomic mass is 10.0. The molecule has 0 aliphatic carbocycles. The largest absolute Gasteiger partial charge is 0.330 e. The standard InChI is InChI=1S/C16H14ClN3OS/c1-10-13-5-7-22-15(13)4-6-19(10)16(21)14-8-12-3-2-11(17)9-20(12)18-14/h2-3,5,7-10H,4,6H2,1H3. The fourth-order valence-corrected chi connectivity index (χ4v) is 4.12. The van der Waals surface area contributed by atoms with E-state index < -0.39 is 0 Å². The first-order chi connectivity index (χ1) is 10.6. The minimum absolute atomic E-state index is 0.0239. The first-order valence-corrected chi connectivity index (χ1v) is 8.41. The summed E-state index contributed by atoms with van der Waals surface area (Å²) in [6.45, 7) is 2.82. The summed E-state index contributed by atoms with van der Waals surface area (Å²) in [5, 5.41) is 7.07. The Morgan fingerprint density at radius 3 is 3.14 bits per heavy atom. The normalized spacial score (nSPS) is 17.7. The maximum absolute atomic E-state index is 12.8. The number of amides is 1. The molecule has 0 saturated heterocycles. The first kappa shape index (κ1) is 13.8. The van der Waals surface area contributed by atoms with Crippen molar-refractivity contribution < 1.29 is 4.79 Å². The van der Waals surface area contributed by atoms with Gasteiger partial charge in [-0.15, -0.1) is 11.3 Å². The molecule has 1 atom stereocenters. The Labute approximate surface area is 136 Å². The molecular formula is C16H14ClN3OS. The maximum atomic E-state index is 12.8. The van der Waals surface area contributed by atoms with Gasteiger partial charge in [-0.2, -0.15) is 5.10 Å². The minimum atomic E-state index is -0.0239. The van der Waals surface area contributed by atoms with Crippen LogP contribution in [0.3, 0.4) is 0 Å². The molecule has 1 unspecified atom stereocenters. The van der Waals surface area contributed by atoms with E-state index in [2.05, 4.69) is 23.5 Å². The van der Waals surface area contributed by atoms with Gasteiger partial charge in [0.15, 0.2) is 5.69 Å². The molecule has 3 aromatic rings. The van der Waals surface area contributed by atoms with Gasteiger partial charge < -0.3 is 4.90 Å². The van der Waals surface area contributed by atoms with Crippen LogP contribution in [0.5, 0.6) is 0 Å². The summed E-state index contributed by atoms with van der Waals surface area (Å²) in [5.41, 5.74) is 2.60. The van der Waals surface area contributed by atoms with E-state index in [1.54, 1.807) is 28.1 Å². The van der Waals surface area contributed by atoms with Crippen LogP contribution in [-0.2, 0) is 6.42 Å². The Balaban J connectivity index is 1.68. The molecule has 4 rings (SSSR count). The third-order valence-corrected chi connectivity index (χ3v) is 5.40. The number of nitrogens with zero attached hydrogens (tertiary/aromatic N) is 3. The zero-order valence-corrected chi connectivity index (χ0v) is 13.6. The molecule has 4 nitrogen and oxygen atoms in total. The highest BCUT2D eigenvalue weighted by atomic mass is 35.5.